The SMILES string of the molecule is COc1ccc(-n2nnc(C(=O)O)c2-c2cc(F)cc(F)c2)cc1Cl. The fourth-order valence-corrected chi connectivity index (χ4v) is 2.60. The Morgan fingerprint density at radius 1 is 1.20 bits per heavy atom. The van der Waals surface area contributed by atoms with Crippen molar-refractivity contribution >= 4 is 17.6 Å². The zero-order chi connectivity index (χ0) is 18.1. The summed E-state index contributed by atoms with van der Waals surface area (Å²) in [6.45, 7) is 0. The molecule has 3 rings (SSSR count). The minimum Gasteiger partial charge on any atom is -0.495 e. The number of aromatic nitrogens is 3. The maximum atomic E-state index is 13.6. The average molecular weight is 366 g/mol. The summed E-state index contributed by atoms with van der Waals surface area (Å²) in [7, 11) is 1.44. The predicted octanol–water partition coefficient (Wildman–Crippen LogP) is 3.57. The van der Waals surface area contributed by atoms with E-state index in [4.69, 9.17) is 16.3 Å². The highest BCUT2D eigenvalue weighted by Crippen LogP contribution is 2.31. The molecule has 0 atom stereocenters. The first kappa shape index (κ1) is 16.8. The molecule has 9 heteroatoms. The molecule has 0 fully saturated rings. The van der Waals surface area contributed by atoms with E-state index in [9.17, 15) is 18.7 Å². The molecule has 1 heterocycles. The van der Waals surface area contributed by atoms with Crippen molar-refractivity contribution < 1.29 is 23.4 Å². The van der Waals surface area contributed by atoms with E-state index in [2.05, 4.69) is 10.3 Å². The number of halogens is 3. The summed E-state index contributed by atoms with van der Waals surface area (Å²) >= 11 is 6.07. The van der Waals surface area contributed by atoms with Crippen LogP contribution in [0, 0.1) is 11.6 Å². The molecule has 0 unspecified atom stereocenters. The van der Waals surface area contributed by atoms with E-state index in [0.717, 1.165) is 16.8 Å². The van der Waals surface area contributed by atoms with Gasteiger partial charge in [0.25, 0.3) is 0 Å². The Morgan fingerprint density at radius 2 is 1.88 bits per heavy atom. The van der Waals surface area contributed by atoms with Crippen molar-refractivity contribution in [2.75, 3.05) is 7.11 Å². The van der Waals surface area contributed by atoms with E-state index in [1.807, 2.05) is 0 Å². The van der Waals surface area contributed by atoms with Crippen LogP contribution < -0.4 is 4.74 Å². The van der Waals surface area contributed by atoms with E-state index in [-0.39, 0.29) is 16.3 Å². The van der Waals surface area contributed by atoms with Gasteiger partial charge in [0, 0.05) is 11.6 Å². The summed E-state index contributed by atoms with van der Waals surface area (Å²) in [6, 6.07) is 7.26. The van der Waals surface area contributed by atoms with Gasteiger partial charge in [0.1, 0.15) is 23.1 Å². The van der Waals surface area contributed by atoms with Crippen LogP contribution >= 0.6 is 11.6 Å². The van der Waals surface area contributed by atoms with E-state index in [1.54, 1.807) is 12.1 Å². The van der Waals surface area contributed by atoms with Crippen LogP contribution in [-0.2, 0) is 0 Å². The molecule has 0 aliphatic rings. The number of ether oxygens (including phenoxy) is 1. The first-order valence-corrected chi connectivity index (χ1v) is 7.28. The molecule has 25 heavy (non-hydrogen) atoms. The lowest BCUT2D eigenvalue weighted by molar-refractivity contribution is 0.0691. The normalized spacial score (nSPS) is 10.7. The quantitative estimate of drug-likeness (QED) is 0.764. The smallest absolute Gasteiger partial charge is 0.358 e. The summed E-state index contributed by atoms with van der Waals surface area (Å²) in [5, 5.41) is 16.9. The Balaban J connectivity index is 2.25. The van der Waals surface area contributed by atoms with Crippen molar-refractivity contribution in [1.29, 1.82) is 0 Å². The number of nitrogens with zero attached hydrogens (tertiary/aromatic N) is 3. The third kappa shape index (κ3) is 3.16. The van der Waals surface area contributed by atoms with E-state index >= 15 is 0 Å². The largest absolute Gasteiger partial charge is 0.495 e. The fourth-order valence-electron chi connectivity index (χ4n) is 2.34. The number of methoxy groups -OCH3 is 1. The molecule has 128 valence electrons. The van der Waals surface area contributed by atoms with Crippen LogP contribution in [0.25, 0.3) is 16.9 Å². The molecular weight excluding hydrogens is 356 g/mol. The molecule has 0 aliphatic carbocycles. The number of carboxylic acid groups (broad SMARTS) is 1. The lowest BCUT2D eigenvalue weighted by atomic mass is 10.1. The molecule has 2 aromatic carbocycles. The van der Waals surface area contributed by atoms with Gasteiger partial charge >= 0.3 is 5.97 Å². The standard InChI is InChI=1S/C16H10ClF2N3O3/c1-25-13-3-2-11(7-12(13)17)22-15(14(16(23)24)20-21-22)8-4-9(18)6-10(19)5-8/h2-7H,1H3,(H,23,24). The molecule has 0 saturated heterocycles. The summed E-state index contributed by atoms with van der Waals surface area (Å²) in [5.41, 5.74) is -0.193. The number of aromatic carboxylic acids is 1. The van der Waals surface area contributed by atoms with Gasteiger partial charge in [-0.1, -0.05) is 16.8 Å². The molecular formula is C16H10ClF2N3O3. The fraction of sp³-hybridized carbons (Fsp3) is 0.0625. The van der Waals surface area contributed by atoms with Gasteiger partial charge in [-0.3, -0.25) is 0 Å². The number of rotatable bonds is 4. The van der Waals surface area contributed by atoms with Gasteiger partial charge in [-0.15, -0.1) is 5.10 Å². The summed E-state index contributed by atoms with van der Waals surface area (Å²) < 4.78 is 33.3. The zero-order valence-electron chi connectivity index (χ0n) is 12.7. The maximum absolute atomic E-state index is 13.6. The second kappa shape index (κ2) is 6.48. The van der Waals surface area contributed by atoms with Crippen molar-refractivity contribution in [3.8, 4) is 22.7 Å². The number of carbonyl (C=O) groups is 1. The number of hydrogen-bond donors (Lipinski definition) is 1. The first-order valence-electron chi connectivity index (χ1n) is 6.90. The van der Waals surface area contributed by atoms with Gasteiger partial charge in [0.05, 0.1) is 17.8 Å². The lowest BCUT2D eigenvalue weighted by Gasteiger charge is -2.10. The predicted molar refractivity (Wildman–Crippen MR) is 85.2 cm³/mol. The number of hydrogen-bond acceptors (Lipinski definition) is 4. The number of benzene rings is 2. The topological polar surface area (TPSA) is 77.2 Å². The zero-order valence-corrected chi connectivity index (χ0v) is 13.5. The van der Waals surface area contributed by atoms with Crippen LogP contribution in [0.3, 0.4) is 0 Å². The van der Waals surface area contributed by atoms with Crippen LogP contribution in [0.5, 0.6) is 5.75 Å². The van der Waals surface area contributed by atoms with Crippen LogP contribution in [0.2, 0.25) is 5.02 Å². The Kier molecular flexibility index (Phi) is 4.37. The highest BCUT2D eigenvalue weighted by molar-refractivity contribution is 6.32. The molecule has 0 radical (unpaired) electrons. The van der Waals surface area contributed by atoms with Crippen molar-refractivity contribution in [2.24, 2.45) is 0 Å². The van der Waals surface area contributed by atoms with Gasteiger partial charge in [0.2, 0.25) is 0 Å². The van der Waals surface area contributed by atoms with Gasteiger partial charge in [-0.2, -0.15) is 0 Å². The van der Waals surface area contributed by atoms with E-state index in [1.165, 1.54) is 13.2 Å². The molecule has 0 aliphatic heterocycles. The minimum atomic E-state index is -1.38. The molecule has 0 bridgehead atoms. The van der Waals surface area contributed by atoms with Crippen molar-refractivity contribution in [3.05, 3.63) is 58.7 Å². The molecule has 0 amide bonds. The first-order chi connectivity index (χ1) is 11.9. The Bertz CT molecular complexity index is 955. The third-order valence-electron chi connectivity index (χ3n) is 3.39. The second-order valence-corrected chi connectivity index (χ2v) is 5.39. The van der Waals surface area contributed by atoms with Crippen molar-refractivity contribution in [2.45, 2.75) is 0 Å². The molecule has 0 saturated carbocycles. The minimum absolute atomic E-state index is 0.0214. The van der Waals surface area contributed by atoms with Crippen LogP contribution in [0.15, 0.2) is 36.4 Å². The Labute approximate surface area is 145 Å². The Morgan fingerprint density at radius 3 is 2.44 bits per heavy atom. The van der Waals surface area contributed by atoms with Crippen LogP contribution in [0.1, 0.15) is 10.5 Å². The maximum Gasteiger partial charge on any atom is 0.358 e. The summed E-state index contributed by atoms with van der Waals surface area (Å²) in [6.07, 6.45) is 0. The summed E-state index contributed by atoms with van der Waals surface area (Å²) in [4.78, 5) is 11.4. The molecule has 1 aromatic heterocycles. The highest BCUT2D eigenvalue weighted by atomic mass is 35.5. The monoisotopic (exact) mass is 365 g/mol. The average Bonchev–Trinajstić information content (AvgIpc) is 2.99. The highest BCUT2D eigenvalue weighted by Gasteiger charge is 2.23. The third-order valence-corrected chi connectivity index (χ3v) is 3.68. The van der Waals surface area contributed by atoms with Gasteiger partial charge in [-0.25, -0.2) is 18.3 Å². The van der Waals surface area contributed by atoms with E-state index in [0.29, 0.717) is 17.5 Å². The van der Waals surface area contributed by atoms with E-state index < -0.39 is 23.3 Å². The van der Waals surface area contributed by atoms with Gasteiger partial charge < -0.3 is 9.84 Å². The van der Waals surface area contributed by atoms with Crippen molar-refractivity contribution in [3.63, 3.8) is 0 Å². The van der Waals surface area contributed by atoms with Crippen molar-refractivity contribution in [1.82, 2.24) is 15.0 Å². The van der Waals surface area contributed by atoms with Crippen LogP contribution in [0.4, 0.5) is 8.78 Å². The molecule has 6 nitrogen and oxygen atoms in total. The second-order valence-electron chi connectivity index (χ2n) is 4.98. The summed E-state index contributed by atoms with van der Waals surface area (Å²) in [5.74, 6) is -2.69. The lowest BCUT2D eigenvalue weighted by Crippen LogP contribution is -2.04. The molecule has 1 N–H and O–H groups in total. The Hall–Kier alpha value is -3.00. The van der Waals surface area contributed by atoms with Crippen LogP contribution in [-0.4, -0.2) is 33.2 Å². The van der Waals surface area contributed by atoms with Gasteiger partial charge in [-0.05, 0) is 30.3 Å². The molecule has 0 spiro atoms. The molecule has 3 aromatic rings. The number of carboxylic acids is 1. The van der Waals surface area contributed by atoms with Gasteiger partial charge in [0.15, 0.2) is 5.69 Å².